The topological polar surface area (TPSA) is 87.0 Å². The predicted octanol–water partition coefficient (Wildman–Crippen LogP) is 4.94. The van der Waals surface area contributed by atoms with E-state index in [1.54, 1.807) is 0 Å². The van der Waals surface area contributed by atoms with E-state index in [1.807, 2.05) is 19.1 Å². The van der Waals surface area contributed by atoms with Gasteiger partial charge in [0.05, 0.1) is 11.7 Å². The van der Waals surface area contributed by atoms with Gasteiger partial charge in [-0.05, 0) is 75.1 Å². The van der Waals surface area contributed by atoms with E-state index < -0.39 is 30.1 Å². The van der Waals surface area contributed by atoms with E-state index in [2.05, 4.69) is 0 Å². The lowest BCUT2D eigenvalue weighted by molar-refractivity contribution is -0.138. The van der Waals surface area contributed by atoms with Crippen LogP contribution in [0.1, 0.15) is 51.0 Å². The van der Waals surface area contributed by atoms with E-state index in [-0.39, 0.29) is 24.0 Å². The highest BCUT2D eigenvalue weighted by atomic mass is 19.4. The van der Waals surface area contributed by atoms with Crippen LogP contribution >= 0.6 is 0 Å². The lowest BCUT2D eigenvalue weighted by atomic mass is 9.85. The normalized spacial score (nSPS) is 23.3. The smallest absolute Gasteiger partial charge is 0.416 e. The number of hydrogen-bond donors (Lipinski definition) is 3. The molecule has 31 heavy (non-hydrogen) atoms. The number of benzene rings is 1. The summed E-state index contributed by atoms with van der Waals surface area (Å²) in [5, 5.41) is 29.2. The van der Waals surface area contributed by atoms with Crippen molar-refractivity contribution in [2.45, 2.75) is 64.0 Å². The van der Waals surface area contributed by atoms with Gasteiger partial charge in [0.15, 0.2) is 0 Å². The average Bonchev–Trinajstić information content (AvgIpc) is 3.04. The molecule has 0 spiro atoms. The first-order chi connectivity index (χ1) is 14.6. The minimum Gasteiger partial charge on any atom is -0.481 e. The van der Waals surface area contributed by atoms with Gasteiger partial charge < -0.3 is 20.1 Å². The van der Waals surface area contributed by atoms with Crippen LogP contribution in [0, 0.1) is 11.8 Å². The molecule has 2 rings (SSSR count). The monoisotopic (exact) mass is 442 g/mol. The Labute approximate surface area is 179 Å². The van der Waals surface area contributed by atoms with Crippen LogP contribution in [0.25, 0.3) is 0 Å². The minimum atomic E-state index is -4.49. The molecule has 0 radical (unpaired) electrons. The fourth-order valence-electron chi connectivity index (χ4n) is 4.00. The van der Waals surface area contributed by atoms with Crippen molar-refractivity contribution < 1.29 is 38.0 Å². The van der Waals surface area contributed by atoms with Gasteiger partial charge in [0.25, 0.3) is 0 Å². The zero-order valence-electron chi connectivity index (χ0n) is 17.4. The van der Waals surface area contributed by atoms with Crippen molar-refractivity contribution >= 4 is 5.97 Å². The Morgan fingerprint density at radius 1 is 1.26 bits per heavy atom. The molecular formula is C23H29F3O5. The molecule has 5 nitrogen and oxygen atoms in total. The molecule has 0 saturated heterocycles. The number of carboxylic acids is 1. The van der Waals surface area contributed by atoms with Crippen LogP contribution in [0.4, 0.5) is 13.2 Å². The summed E-state index contributed by atoms with van der Waals surface area (Å²) in [7, 11) is 0. The maximum atomic E-state index is 12.8. The second-order valence-electron chi connectivity index (χ2n) is 7.84. The summed E-state index contributed by atoms with van der Waals surface area (Å²) in [6.45, 7) is 1.82. The fraction of sp³-hybridized carbons (Fsp3) is 0.522. The molecule has 0 amide bonds. The Bertz CT molecular complexity index is 788. The third kappa shape index (κ3) is 8.03. The maximum absolute atomic E-state index is 12.8. The first-order valence-electron chi connectivity index (χ1n) is 10.3. The fourth-order valence-corrected chi connectivity index (χ4v) is 4.00. The lowest BCUT2D eigenvalue weighted by Crippen LogP contribution is -2.21. The largest absolute Gasteiger partial charge is 0.481 e. The van der Waals surface area contributed by atoms with Crippen LogP contribution in [-0.2, 0) is 11.0 Å². The van der Waals surface area contributed by atoms with Gasteiger partial charge in [-0.1, -0.05) is 23.8 Å². The zero-order chi connectivity index (χ0) is 23.0. The van der Waals surface area contributed by atoms with E-state index >= 15 is 0 Å². The summed E-state index contributed by atoms with van der Waals surface area (Å²) < 4.78 is 43.7. The van der Waals surface area contributed by atoms with Gasteiger partial charge in [0.2, 0.25) is 6.29 Å². The Morgan fingerprint density at radius 2 is 1.97 bits per heavy atom. The molecule has 8 heteroatoms. The number of aliphatic hydroxyl groups is 2. The van der Waals surface area contributed by atoms with Crippen LogP contribution in [0.3, 0.4) is 0 Å². The van der Waals surface area contributed by atoms with E-state index in [4.69, 9.17) is 9.84 Å². The van der Waals surface area contributed by atoms with Crippen molar-refractivity contribution in [2.24, 2.45) is 11.8 Å². The second-order valence-corrected chi connectivity index (χ2v) is 7.84. The number of allylic oxidation sites excluding steroid dienone is 3. The van der Waals surface area contributed by atoms with Crippen molar-refractivity contribution in [3.63, 3.8) is 0 Å². The zero-order valence-corrected chi connectivity index (χ0v) is 17.4. The summed E-state index contributed by atoms with van der Waals surface area (Å²) in [5.41, 5.74) is -0.0378. The van der Waals surface area contributed by atoms with Crippen molar-refractivity contribution in [3.8, 4) is 5.75 Å². The number of halogens is 3. The Morgan fingerprint density at radius 3 is 2.65 bits per heavy atom. The van der Waals surface area contributed by atoms with E-state index in [0.29, 0.717) is 25.7 Å². The number of carbonyl (C=O) groups is 1. The average molecular weight is 442 g/mol. The Hall–Kier alpha value is -2.32. The predicted molar refractivity (Wildman–Crippen MR) is 109 cm³/mol. The first kappa shape index (κ1) is 24.9. The molecule has 1 saturated carbocycles. The SMILES string of the molecule is CC(=CC(O)Oc1cccc(C(F)(F)F)c1)C1CCC(O)C1CCC=CCCC(=O)O. The lowest BCUT2D eigenvalue weighted by Gasteiger charge is -2.23. The van der Waals surface area contributed by atoms with Crippen molar-refractivity contribution in [2.75, 3.05) is 0 Å². The summed E-state index contributed by atoms with van der Waals surface area (Å²) in [4.78, 5) is 10.5. The molecule has 4 unspecified atom stereocenters. The minimum absolute atomic E-state index is 0.0128. The molecule has 0 aromatic heterocycles. The molecule has 1 aromatic carbocycles. The van der Waals surface area contributed by atoms with Crippen LogP contribution in [0.15, 0.2) is 48.1 Å². The molecular weight excluding hydrogens is 413 g/mol. The first-order valence-corrected chi connectivity index (χ1v) is 10.3. The number of carboxylic acid groups (broad SMARTS) is 1. The maximum Gasteiger partial charge on any atom is 0.416 e. The number of aliphatic hydroxyl groups excluding tert-OH is 2. The van der Waals surface area contributed by atoms with Crippen LogP contribution in [0.5, 0.6) is 5.75 Å². The molecule has 0 aliphatic heterocycles. The molecule has 0 heterocycles. The van der Waals surface area contributed by atoms with Gasteiger partial charge in [-0.25, -0.2) is 0 Å². The molecule has 1 fully saturated rings. The summed E-state index contributed by atoms with van der Waals surface area (Å²) >= 11 is 0. The van der Waals surface area contributed by atoms with Crippen LogP contribution < -0.4 is 4.74 Å². The highest BCUT2D eigenvalue weighted by Crippen LogP contribution is 2.40. The molecule has 1 aliphatic rings. The quantitative estimate of drug-likeness (QED) is 0.353. The molecule has 3 N–H and O–H groups in total. The summed E-state index contributed by atoms with van der Waals surface area (Å²) in [5.74, 6) is -0.910. The Kier molecular flexibility index (Phi) is 9.13. The van der Waals surface area contributed by atoms with Crippen LogP contribution in [0.2, 0.25) is 0 Å². The summed E-state index contributed by atoms with van der Waals surface area (Å²) in [6, 6.07) is 4.33. The van der Waals surface area contributed by atoms with E-state index in [1.165, 1.54) is 18.2 Å². The third-order valence-corrected chi connectivity index (χ3v) is 5.55. The molecule has 0 bridgehead atoms. The van der Waals surface area contributed by atoms with E-state index in [0.717, 1.165) is 24.1 Å². The van der Waals surface area contributed by atoms with Crippen molar-refractivity contribution in [1.82, 2.24) is 0 Å². The molecule has 1 aromatic rings. The van der Waals surface area contributed by atoms with E-state index in [9.17, 15) is 28.2 Å². The van der Waals surface area contributed by atoms with Gasteiger partial charge in [-0.15, -0.1) is 0 Å². The van der Waals surface area contributed by atoms with Crippen molar-refractivity contribution in [3.05, 3.63) is 53.6 Å². The number of aliphatic carboxylic acids is 1. The highest BCUT2D eigenvalue weighted by molar-refractivity contribution is 5.66. The standard InChI is InChI=1S/C23H29F3O5/c1-15(13-22(30)31-17-8-6-7-16(14-17)23(24,25)26)18-11-12-20(27)19(18)9-4-2-3-5-10-21(28)29/h2-3,6-8,13-14,18-20,22,27,30H,4-5,9-12H2,1H3,(H,28,29). The van der Waals surface area contributed by atoms with Gasteiger partial charge in [-0.2, -0.15) is 13.2 Å². The van der Waals surface area contributed by atoms with Gasteiger partial charge in [-0.3, -0.25) is 4.79 Å². The number of hydrogen-bond acceptors (Lipinski definition) is 4. The highest BCUT2D eigenvalue weighted by Gasteiger charge is 2.35. The summed E-state index contributed by atoms with van der Waals surface area (Å²) in [6.07, 6.45) is 2.17. The van der Waals surface area contributed by atoms with Gasteiger partial charge in [0.1, 0.15) is 5.75 Å². The third-order valence-electron chi connectivity index (χ3n) is 5.55. The van der Waals surface area contributed by atoms with Crippen LogP contribution in [-0.4, -0.2) is 33.7 Å². The number of rotatable bonds is 10. The molecule has 1 aliphatic carbocycles. The van der Waals surface area contributed by atoms with Gasteiger partial charge >= 0.3 is 12.1 Å². The number of ether oxygens (including phenoxy) is 1. The van der Waals surface area contributed by atoms with Gasteiger partial charge in [0, 0.05) is 6.42 Å². The van der Waals surface area contributed by atoms with Crippen molar-refractivity contribution in [1.29, 1.82) is 0 Å². The Balaban J connectivity index is 1.95. The molecule has 4 atom stereocenters. The molecule has 172 valence electrons. The number of alkyl halides is 3. The second kappa shape index (κ2) is 11.3.